The quantitative estimate of drug-likeness (QED) is 0.721. The van der Waals surface area contributed by atoms with E-state index in [1.165, 1.54) is 25.7 Å². The van der Waals surface area contributed by atoms with Gasteiger partial charge >= 0.3 is 0 Å². The highest BCUT2D eigenvalue weighted by molar-refractivity contribution is 4.81. The summed E-state index contributed by atoms with van der Waals surface area (Å²) in [6, 6.07) is 1.70. The normalized spacial score (nSPS) is 29.4. The van der Waals surface area contributed by atoms with Crippen LogP contribution in [0.3, 0.4) is 0 Å². The van der Waals surface area contributed by atoms with Crippen LogP contribution in [0.2, 0.25) is 0 Å². The molecule has 1 aliphatic rings. The highest BCUT2D eigenvalue weighted by Gasteiger charge is 2.20. The molecule has 0 aromatic rings. The van der Waals surface area contributed by atoms with Crippen LogP contribution in [0, 0.1) is 0 Å². The molecule has 3 atom stereocenters. The summed E-state index contributed by atoms with van der Waals surface area (Å²) >= 11 is 0. The molecule has 0 aromatic carbocycles. The molecule has 90 valence electrons. The minimum absolute atomic E-state index is 0.428. The van der Waals surface area contributed by atoms with E-state index in [1.54, 1.807) is 0 Å². The van der Waals surface area contributed by atoms with E-state index in [-0.39, 0.29) is 0 Å². The Balaban J connectivity index is 2.16. The summed E-state index contributed by atoms with van der Waals surface area (Å²) in [6.45, 7) is 3.44. The zero-order chi connectivity index (χ0) is 11.3. The van der Waals surface area contributed by atoms with E-state index in [0.717, 1.165) is 13.0 Å². The summed E-state index contributed by atoms with van der Waals surface area (Å²) in [6.07, 6.45) is 6.19. The van der Waals surface area contributed by atoms with Gasteiger partial charge in [0.1, 0.15) is 0 Å². The third kappa shape index (κ3) is 5.50. The lowest BCUT2D eigenvalue weighted by Crippen LogP contribution is -2.43. The Labute approximate surface area is 94.4 Å². The molecule has 0 heterocycles. The second-order valence-electron chi connectivity index (χ2n) is 5.28. The fourth-order valence-corrected chi connectivity index (χ4v) is 2.32. The summed E-state index contributed by atoms with van der Waals surface area (Å²) in [7, 11) is 4.26. The van der Waals surface area contributed by atoms with Crippen molar-refractivity contribution < 1.29 is 0 Å². The Kier molecular flexibility index (Phi) is 5.58. The minimum atomic E-state index is 0.428. The average Bonchev–Trinajstić information content (AvgIpc) is 2.15. The van der Waals surface area contributed by atoms with Gasteiger partial charge in [0, 0.05) is 18.1 Å². The third-order valence-corrected chi connectivity index (χ3v) is 3.24. The van der Waals surface area contributed by atoms with Crippen molar-refractivity contribution in [1.82, 2.24) is 10.2 Å². The topological polar surface area (TPSA) is 41.3 Å². The molecule has 0 bridgehead atoms. The van der Waals surface area contributed by atoms with Crippen LogP contribution in [0.5, 0.6) is 0 Å². The number of hydrogen-bond donors (Lipinski definition) is 2. The zero-order valence-electron chi connectivity index (χ0n) is 10.5. The molecule has 3 nitrogen and oxygen atoms in total. The monoisotopic (exact) mass is 213 g/mol. The van der Waals surface area contributed by atoms with E-state index >= 15 is 0 Å². The maximum atomic E-state index is 5.97. The summed E-state index contributed by atoms with van der Waals surface area (Å²) in [5, 5.41) is 3.70. The number of nitrogens with one attached hydrogen (secondary N) is 1. The highest BCUT2D eigenvalue weighted by atomic mass is 15.1. The van der Waals surface area contributed by atoms with Gasteiger partial charge in [0.25, 0.3) is 0 Å². The molecular weight excluding hydrogens is 186 g/mol. The predicted octanol–water partition coefficient (Wildman–Crippen LogP) is 1.19. The van der Waals surface area contributed by atoms with Gasteiger partial charge in [-0.1, -0.05) is 6.42 Å². The van der Waals surface area contributed by atoms with Gasteiger partial charge in [0.2, 0.25) is 0 Å². The van der Waals surface area contributed by atoms with Crippen molar-refractivity contribution in [3.05, 3.63) is 0 Å². The third-order valence-electron chi connectivity index (χ3n) is 3.24. The maximum absolute atomic E-state index is 5.97. The van der Waals surface area contributed by atoms with Crippen molar-refractivity contribution in [1.29, 1.82) is 0 Å². The van der Waals surface area contributed by atoms with Crippen molar-refractivity contribution in [3.63, 3.8) is 0 Å². The maximum Gasteiger partial charge on any atom is 0.00842 e. The van der Waals surface area contributed by atoms with Crippen LogP contribution in [-0.2, 0) is 0 Å². The summed E-state index contributed by atoms with van der Waals surface area (Å²) in [5.74, 6) is 0. The number of nitrogens with zero attached hydrogens (tertiary/aromatic N) is 1. The van der Waals surface area contributed by atoms with E-state index < -0.39 is 0 Å². The Bertz CT molecular complexity index is 170. The summed E-state index contributed by atoms with van der Waals surface area (Å²) < 4.78 is 0. The minimum Gasteiger partial charge on any atom is -0.328 e. The van der Waals surface area contributed by atoms with Crippen LogP contribution >= 0.6 is 0 Å². The van der Waals surface area contributed by atoms with Gasteiger partial charge in [-0.25, -0.2) is 0 Å². The molecule has 15 heavy (non-hydrogen) atoms. The first-order valence-corrected chi connectivity index (χ1v) is 6.24. The van der Waals surface area contributed by atoms with Crippen LogP contribution < -0.4 is 11.1 Å². The van der Waals surface area contributed by atoms with E-state index in [1.807, 2.05) is 0 Å². The molecule has 0 amide bonds. The van der Waals surface area contributed by atoms with Gasteiger partial charge < -0.3 is 16.0 Å². The largest absolute Gasteiger partial charge is 0.328 e. The lowest BCUT2D eigenvalue weighted by atomic mass is 9.91. The van der Waals surface area contributed by atoms with E-state index in [4.69, 9.17) is 5.73 Å². The molecule has 3 N–H and O–H groups in total. The zero-order valence-corrected chi connectivity index (χ0v) is 10.5. The molecule has 0 aliphatic heterocycles. The lowest BCUT2D eigenvalue weighted by Gasteiger charge is -2.30. The smallest absolute Gasteiger partial charge is 0.00842 e. The van der Waals surface area contributed by atoms with Crippen LogP contribution in [0.25, 0.3) is 0 Å². The molecule has 3 unspecified atom stereocenters. The highest BCUT2D eigenvalue weighted by Crippen LogP contribution is 2.17. The Morgan fingerprint density at radius 1 is 1.40 bits per heavy atom. The van der Waals surface area contributed by atoms with E-state index in [2.05, 4.69) is 31.2 Å². The van der Waals surface area contributed by atoms with Gasteiger partial charge in [-0.05, 0) is 53.2 Å². The van der Waals surface area contributed by atoms with Crippen molar-refractivity contribution in [2.75, 3.05) is 20.6 Å². The van der Waals surface area contributed by atoms with Gasteiger partial charge in [-0.3, -0.25) is 0 Å². The van der Waals surface area contributed by atoms with Crippen LogP contribution in [0.15, 0.2) is 0 Å². The molecule has 0 saturated heterocycles. The fraction of sp³-hybridized carbons (Fsp3) is 1.00. The van der Waals surface area contributed by atoms with Crippen molar-refractivity contribution in [2.24, 2.45) is 5.73 Å². The molecular formula is C12H27N3. The Hall–Kier alpha value is -0.120. The van der Waals surface area contributed by atoms with Gasteiger partial charge in [0.05, 0.1) is 0 Å². The standard InChI is InChI=1S/C12H27N3/c1-10(7-8-15(2)3)14-12-6-4-5-11(13)9-12/h10-12,14H,4-9,13H2,1-3H3. The molecule has 0 spiro atoms. The van der Waals surface area contributed by atoms with E-state index in [9.17, 15) is 0 Å². The van der Waals surface area contributed by atoms with Crippen molar-refractivity contribution >= 4 is 0 Å². The van der Waals surface area contributed by atoms with Crippen molar-refractivity contribution in [2.45, 2.75) is 57.2 Å². The first-order chi connectivity index (χ1) is 7.08. The lowest BCUT2D eigenvalue weighted by molar-refractivity contribution is 0.295. The van der Waals surface area contributed by atoms with E-state index in [0.29, 0.717) is 18.1 Å². The SMILES string of the molecule is CC(CCN(C)C)NC1CCCC(N)C1. The predicted molar refractivity (Wildman–Crippen MR) is 66.0 cm³/mol. The fourth-order valence-electron chi connectivity index (χ4n) is 2.32. The molecule has 1 fully saturated rings. The number of rotatable bonds is 5. The van der Waals surface area contributed by atoms with Crippen molar-refractivity contribution in [3.8, 4) is 0 Å². The molecule has 0 aromatic heterocycles. The molecule has 3 heteroatoms. The van der Waals surface area contributed by atoms with Gasteiger partial charge in [0.15, 0.2) is 0 Å². The molecule has 1 aliphatic carbocycles. The second kappa shape index (κ2) is 6.46. The molecule has 1 saturated carbocycles. The first kappa shape index (κ1) is 12.9. The second-order valence-corrected chi connectivity index (χ2v) is 5.28. The summed E-state index contributed by atoms with van der Waals surface area (Å²) in [5.41, 5.74) is 5.97. The van der Waals surface area contributed by atoms with Gasteiger partial charge in [-0.2, -0.15) is 0 Å². The number of hydrogen-bond acceptors (Lipinski definition) is 3. The van der Waals surface area contributed by atoms with Crippen LogP contribution in [-0.4, -0.2) is 43.7 Å². The Morgan fingerprint density at radius 3 is 2.73 bits per heavy atom. The average molecular weight is 213 g/mol. The molecule has 1 rings (SSSR count). The number of nitrogens with two attached hydrogens (primary N) is 1. The summed E-state index contributed by atoms with van der Waals surface area (Å²) in [4.78, 5) is 2.24. The van der Waals surface area contributed by atoms with Gasteiger partial charge in [-0.15, -0.1) is 0 Å². The van der Waals surface area contributed by atoms with Crippen LogP contribution in [0.1, 0.15) is 39.0 Å². The first-order valence-electron chi connectivity index (χ1n) is 6.24. The Morgan fingerprint density at radius 2 is 2.13 bits per heavy atom. The van der Waals surface area contributed by atoms with Crippen LogP contribution in [0.4, 0.5) is 0 Å². The molecule has 0 radical (unpaired) electrons.